The van der Waals surface area contributed by atoms with E-state index in [-0.39, 0.29) is 5.97 Å². The van der Waals surface area contributed by atoms with Crippen LogP contribution in [-0.2, 0) is 22.6 Å². The van der Waals surface area contributed by atoms with Crippen molar-refractivity contribution in [3.63, 3.8) is 0 Å². The summed E-state index contributed by atoms with van der Waals surface area (Å²) in [6.07, 6.45) is 5.93. The predicted octanol–water partition coefficient (Wildman–Crippen LogP) is 11.8. The van der Waals surface area contributed by atoms with Crippen LogP contribution in [0.4, 0.5) is 0 Å². The normalized spacial score (nSPS) is 12.0. The summed E-state index contributed by atoms with van der Waals surface area (Å²) >= 11 is 0. The minimum atomic E-state index is -0.689. The zero-order chi connectivity index (χ0) is 43.0. The summed E-state index contributed by atoms with van der Waals surface area (Å²) in [5.74, 6) is -0.318. The van der Waals surface area contributed by atoms with Crippen molar-refractivity contribution in [1.29, 1.82) is 0 Å². The average molecular weight is 807 g/mol. The number of aryl methyl sites for hydroxylation is 6. The highest BCUT2D eigenvalue weighted by atomic mass is 16.5. The third-order valence-corrected chi connectivity index (χ3v) is 11.0. The van der Waals surface area contributed by atoms with Crippen LogP contribution in [0.5, 0.6) is 0 Å². The van der Waals surface area contributed by atoms with E-state index in [9.17, 15) is 9.90 Å². The Morgan fingerprint density at radius 3 is 1.48 bits per heavy atom. The van der Waals surface area contributed by atoms with E-state index in [1.165, 1.54) is 68.1 Å². The maximum absolute atomic E-state index is 11.8. The van der Waals surface area contributed by atoms with Crippen molar-refractivity contribution in [3.8, 4) is 22.3 Å². The standard InChI is InChI=1S/C28H28N2O2.C26H26N2O/c1-19-8-11-24(12-9-19)28(32-22(4)31)27-16-29-18-30(27)17-23-10-13-26(21(3)15-23)25-7-5-6-20(2)14-25;1-18-7-10-22(11-8-18)26(29)25-15-27-17-28(25)16-21-9-12-24(20(3)14-21)23-6-4-5-19(2)13-23/h5-16,18,28H,17H2,1-4H3;4-15,17,26,29H,16H2,1-3H3. The van der Waals surface area contributed by atoms with Gasteiger partial charge in [-0.15, -0.1) is 0 Å². The molecule has 7 heteroatoms. The quantitative estimate of drug-likeness (QED) is 0.132. The number of hydrogen-bond donors (Lipinski definition) is 1. The van der Waals surface area contributed by atoms with Gasteiger partial charge in [0, 0.05) is 20.0 Å². The van der Waals surface area contributed by atoms with E-state index in [2.05, 4.69) is 127 Å². The van der Waals surface area contributed by atoms with Gasteiger partial charge >= 0.3 is 5.97 Å². The number of carbonyl (C=O) groups is 1. The first-order chi connectivity index (χ1) is 29.4. The maximum atomic E-state index is 11.8. The van der Waals surface area contributed by atoms with E-state index in [4.69, 9.17) is 4.74 Å². The third-order valence-electron chi connectivity index (χ3n) is 11.0. The van der Waals surface area contributed by atoms with Crippen molar-refractivity contribution in [2.24, 2.45) is 0 Å². The number of carbonyl (C=O) groups excluding carboxylic acids is 1. The molecular weight excluding hydrogens is 753 g/mol. The van der Waals surface area contributed by atoms with Gasteiger partial charge in [0.15, 0.2) is 6.10 Å². The van der Waals surface area contributed by atoms with Crippen LogP contribution in [-0.4, -0.2) is 30.2 Å². The number of rotatable bonds is 11. The molecule has 0 fully saturated rings. The number of esters is 1. The molecule has 2 atom stereocenters. The SMILES string of the molecule is CC(=O)OC(c1ccc(C)cc1)c1cncn1Cc1ccc(-c2cccc(C)c2)c(C)c1.Cc1ccc(C(O)c2cncn2Cc2ccc(-c3cccc(C)c3)c(C)c2)cc1. The average Bonchev–Trinajstić information content (AvgIpc) is 3.90. The highest BCUT2D eigenvalue weighted by molar-refractivity contribution is 5.69. The Morgan fingerprint density at radius 1 is 0.557 bits per heavy atom. The summed E-state index contributed by atoms with van der Waals surface area (Å²) in [4.78, 5) is 20.5. The highest BCUT2D eigenvalue weighted by Gasteiger charge is 2.22. The molecule has 0 aliphatic carbocycles. The van der Waals surface area contributed by atoms with E-state index in [0.29, 0.717) is 13.1 Å². The van der Waals surface area contributed by atoms with Gasteiger partial charge in [-0.1, -0.05) is 156 Å². The largest absolute Gasteiger partial charge is 0.451 e. The topological polar surface area (TPSA) is 82.2 Å². The molecule has 0 amide bonds. The highest BCUT2D eigenvalue weighted by Crippen LogP contribution is 2.30. The van der Waals surface area contributed by atoms with E-state index >= 15 is 0 Å². The Hall–Kier alpha value is -6.83. The van der Waals surface area contributed by atoms with Gasteiger partial charge in [-0.2, -0.15) is 0 Å². The zero-order valence-electron chi connectivity index (χ0n) is 36.1. The maximum Gasteiger partial charge on any atom is 0.303 e. The fourth-order valence-corrected chi connectivity index (χ4v) is 7.81. The van der Waals surface area contributed by atoms with E-state index < -0.39 is 12.2 Å². The molecule has 0 aliphatic heterocycles. The number of aliphatic hydroxyl groups excluding tert-OH is 1. The second-order valence-electron chi connectivity index (χ2n) is 16.1. The molecular formula is C54H54N4O3. The number of imidazole rings is 2. The van der Waals surface area contributed by atoms with Gasteiger partial charge in [0.05, 0.1) is 36.4 Å². The molecule has 8 rings (SSSR count). The third kappa shape index (κ3) is 10.5. The molecule has 0 saturated carbocycles. The Kier molecular flexibility index (Phi) is 13.2. The van der Waals surface area contributed by atoms with Crippen LogP contribution in [0.1, 0.15) is 86.2 Å². The first kappa shape index (κ1) is 42.3. The molecule has 6 aromatic carbocycles. The summed E-state index contributed by atoms with van der Waals surface area (Å²) in [5.41, 5.74) is 18.1. The summed E-state index contributed by atoms with van der Waals surface area (Å²) < 4.78 is 9.78. The van der Waals surface area contributed by atoms with Gasteiger partial charge in [-0.3, -0.25) is 4.79 Å². The first-order valence-electron chi connectivity index (χ1n) is 20.7. The van der Waals surface area contributed by atoms with Gasteiger partial charge in [0.25, 0.3) is 0 Å². The van der Waals surface area contributed by atoms with Crippen LogP contribution < -0.4 is 0 Å². The van der Waals surface area contributed by atoms with Gasteiger partial charge in [-0.25, -0.2) is 9.97 Å². The molecule has 0 bridgehead atoms. The summed E-state index contributed by atoms with van der Waals surface area (Å²) in [7, 11) is 0. The van der Waals surface area contributed by atoms with Gasteiger partial charge in [0.2, 0.25) is 0 Å². The first-order valence-corrected chi connectivity index (χ1v) is 20.7. The van der Waals surface area contributed by atoms with E-state index in [1.807, 2.05) is 66.9 Å². The fraction of sp³-hybridized carbons (Fsp3) is 0.204. The minimum absolute atomic E-state index is 0.318. The lowest BCUT2D eigenvalue weighted by Gasteiger charge is -2.20. The van der Waals surface area contributed by atoms with Crippen molar-refractivity contribution in [2.75, 3.05) is 0 Å². The monoisotopic (exact) mass is 806 g/mol. The van der Waals surface area contributed by atoms with Crippen molar-refractivity contribution >= 4 is 5.97 Å². The molecule has 8 aromatic rings. The summed E-state index contributed by atoms with van der Waals surface area (Å²) in [6.45, 7) is 15.4. The Bertz CT molecular complexity index is 2740. The number of benzene rings is 6. The molecule has 2 unspecified atom stereocenters. The fourth-order valence-electron chi connectivity index (χ4n) is 7.81. The molecule has 2 heterocycles. The van der Waals surface area contributed by atoms with Crippen molar-refractivity contribution < 1.29 is 14.6 Å². The van der Waals surface area contributed by atoms with Crippen LogP contribution in [0, 0.1) is 41.5 Å². The number of hydrogen-bond acceptors (Lipinski definition) is 5. The number of aliphatic hydroxyl groups is 1. The molecule has 7 nitrogen and oxygen atoms in total. The number of nitrogens with zero attached hydrogens (tertiary/aromatic N) is 4. The van der Waals surface area contributed by atoms with Gasteiger partial charge < -0.3 is 19.0 Å². The molecule has 61 heavy (non-hydrogen) atoms. The molecule has 308 valence electrons. The van der Waals surface area contributed by atoms with E-state index in [0.717, 1.165) is 28.1 Å². The lowest BCUT2D eigenvalue weighted by molar-refractivity contribution is -0.145. The molecule has 0 spiro atoms. The molecule has 0 saturated heterocycles. The Balaban J connectivity index is 0.000000185. The second kappa shape index (κ2) is 19.0. The van der Waals surface area contributed by atoms with Crippen LogP contribution in [0.3, 0.4) is 0 Å². The molecule has 0 radical (unpaired) electrons. The van der Waals surface area contributed by atoms with Crippen LogP contribution in [0.15, 0.2) is 159 Å². The Labute approximate surface area is 360 Å². The lowest BCUT2D eigenvalue weighted by Crippen LogP contribution is -2.15. The second-order valence-corrected chi connectivity index (χ2v) is 16.1. The molecule has 1 N–H and O–H groups in total. The number of ether oxygens (including phenoxy) is 1. The Morgan fingerprint density at radius 2 is 1.02 bits per heavy atom. The smallest absolute Gasteiger partial charge is 0.303 e. The van der Waals surface area contributed by atoms with Crippen LogP contribution >= 0.6 is 0 Å². The van der Waals surface area contributed by atoms with Crippen molar-refractivity contribution in [2.45, 2.75) is 73.8 Å². The lowest BCUT2D eigenvalue weighted by atomic mass is 9.97. The van der Waals surface area contributed by atoms with Gasteiger partial charge in [0.1, 0.15) is 6.10 Å². The summed E-state index contributed by atoms with van der Waals surface area (Å²) in [6, 6.07) is 46.3. The minimum Gasteiger partial charge on any atom is -0.451 e. The van der Waals surface area contributed by atoms with Crippen molar-refractivity contribution in [3.05, 3.63) is 226 Å². The van der Waals surface area contributed by atoms with Crippen LogP contribution in [0.25, 0.3) is 22.3 Å². The summed E-state index contributed by atoms with van der Waals surface area (Å²) in [5, 5.41) is 10.8. The van der Waals surface area contributed by atoms with E-state index in [1.54, 1.807) is 25.0 Å². The zero-order valence-corrected chi connectivity index (χ0v) is 36.1. The molecule has 2 aromatic heterocycles. The van der Waals surface area contributed by atoms with Crippen LogP contribution in [0.2, 0.25) is 0 Å². The molecule has 0 aliphatic rings. The number of aromatic nitrogens is 4. The van der Waals surface area contributed by atoms with Gasteiger partial charge in [-0.05, 0) is 97.2 Å². The van der Waals surface area contributed by atoms with Crippen molar-refractivity contribution in [1.82, 2.24) is 19.1 Å². The predicted molar refractivity (Wildman–Crippen MR) is 245 cm³/mol.